The molecule has 4 nitrogen and oxygen atoms in total. The molecule has 3 rings (SSSR count). The lowest BCUT2D eigenvalue weighted by Gasteiger charge is -2.30. The molecule has 0 aliphatic carbocycles. The van der Waals surface area contributed by atoms with Crippen LogP contribution in [0.2, 0.25) is 10.0 Å². The molecule has 2 aromatic carbocycles. The van der Waals surface area contributed by atoms with E-state index in [4.69, 9.17) is 27.9 Å². The second-order valence-electron chi connectivity index (χ2n) is 4.77. The first-order chi connectivity index (χ1) is 10.6. The van der Waals surface area contributed by atoms with Gasteiger partial charge in [0.05, 0.1) is 6.21 Å². The lowest BCUT2D eigenvalue weighted by Crippen LogP contribution is -2.28. The summed E-state index contributed by atoms with van der Waals surface area (Å²) in [5.41, 5.74) is 0.597. The van der Waals surface area contributed by atoms with E-state index in [0.717, 1.165) is 0 Å². The van der Waals surface area contributed by atoms with Crippen LogP contribution in [0.5, 0.6) is 0 Å². The quantitative estimate of drug-likeness (QED) is 0.906. The highest BCUT2D eigenvalue weighted by Gasteiger charge is 2.39. The Morgan fingerprint density at radius 3 is 2.64 bits per heavy atom. The van der Waals surface area contributed by atoms with Crippen molar-refractivity contribution in [2.75, 3.05) is 12.4 Å². The first kappa shape index (κ1) is 15.0. The minimum absolute atomic E-state index is 0.338. The van der Waals surface area contributed by atoms with Crippen molar-refractivity contribution in [1.29, 1.82) is 0 Å². The monoisotopic (exact) mass is 334 g/mol. The van der Waals surface area contributed by atoms with Crippen LogP contribution in [0.15, 0.2) is 47.5 Å². The molecule has 1 aliphatic rings. The number of nitrogens with zero attached hydrogens (tertiary/aromatic N) is 1. The van der Waals surface area contributed by atoms with Crippen LogP contribution in [0, 0.1) is 0 Å². The van der Waals surface area contributed by atoms with Crippen LogP contribution in [-0.4, -0.2) is 19.2 Å². The third-order valence-corrected chi connectivity index (χ3v) is 4.07. The number of rotatable bonds is 2. The van der Waals surface area contributed by atoms with E-state index in [1.807, 2.05) is 18.2 Å². The Morgan fingerprint density at radius 2 is 1.91 bits per heavy atom. The Morgan fingerprint density at radius 1 is 1.14 bits per heavy atom. The summed E-state index contributed by atoms with van der Waals surface area (Å²) in [6.07, 6.45) is 1.20. The predicted molar refractivity (Wildman–Crippen MR) is 87.8 cm³/mol. The van der Waals surface area contributed by atoms with Gasteiger partial charge in [-0.3, -0.25) is 4.79 Å². The molecule has 1 atom stereocenters. The first-order valence-corrected chi connectivity index (χ1v) is 7.29. The second-order valence-corrected chi connectivity index (χ2v) is 5.61. The maximum atomic E-state index is 11.9. The smallest absolute Gasteiger partial charge is 0.266 e. The molecular formula is C16H12Cl2N2O2. The van der Waals surface area contributed by atoms with Gasteiger partial charge in [0.2, 0.25) is 5.72 Å². The number of methoxy groups -OCH3 is 1. The van der Waals surface area contributed by atoms with Crippen LogP contribution in [0.4, 0.5) is 5.69 Å². The Bertz CT molecular complexity index is 776. The average Bonchev–Trinajstić information content (AvgIpc) is 2.65. The highest BCUT2D eigenvalue weighted by Crippen LogP contribution is 2.43. The molecule has 6 heteroatoms. The molecule has 1 amide bonds. The minimum Gasteiger partial charge on any atom is -0.349 e. The third kappa shape index (κ3) is 2.39. The van der Waals surface area contributed by atoms with E-state index in [1.165, 1.54) is 13.3 Å². The third-order valence-electron chi connectivity index (χ3n) is 3.50. The number of hydrogen-bond donors (Lipinski definition) is 1. The number of carbonyl (C=O) groups is 1. The first-order valence-electron chi connectivity index (χ1n) is 6.53. The van der Waals surface area contributed by atoms with Gasteiger partial charge in [0.1, 0.15) is 0 Å². The summed E-state index contributed by atoms with van der Waals surface area (Å²) in [5, 5.41) is 3.76. The van der Waals surface area contributed by atoms with Crippen LogP contribution in [0.3, 0.4) is 0 Å². The van der Waals surface area contributed by atoms with Crippen molar-refractivity contribution in [3.8, 4) is 0 Å². The standard InChI is InChI=1S/C16H12Cl2N2O2/c1-22-16(11-4-2-3-5-13(11)18)12-8-10(17)6-7-14(12)20-15(21)9-19-16/h2-9H,1H3,(H,20,21). The highest BCUT2D eigenvalue weighted by molar-refractivity contribution is 6.34. The van der Waals surface area contributed by atoms with Crippen molar-refractivity contribution in [3.05, 3.63) is 63.6 Å². The van der Waals surface area contributed by atoms with Crippen LogP contribution >= 0.6 is 23.2 Å². The van der Waals surface area contributed by atoms with Crippen molar-refractivity contribution < 1.29 is 9.53 Å². The van der Waals surface area contributed by atoms with E-state index in [1.54, 1.807) is 24.3 Å². The molecule has 0 saturated carbocycles. The highest BCUT2D eigenvalue weighted by atomic mass is 35.5. The van der Waals surface area contributed by atoms with Crippen molar-refractivity contribution in [3.63, 3.8) is 0 Å². The second kappa shape index (κ2) is 5.72. The number of carbonyl (C=O) groups excluding carboxylic acids is 1. The van der Waals surface area contributed by atoms with Crippen molar-refractivity contribution in [2.24, 2.45) is 4.99 Å². The molecule has 112 valence electrons. The molecule has 1 aliphatic heterocycles. The van der Waals surface area contributed by atoms with Gasteiger partial charge in [0.15, 0.2) is 0 Å². The van der Waals surface area contributed by atoms with Crippen molar-refractivity contribution >= 4 is 41.0 Å². The fourth-order valence-corrected chi connectivity index (χ4v) is 2.95. The van der Waals surface area contributed by atoms with E-state index in [9.17, 15) is 4.79 Å². The van der Waals surface area contributed by atoms with Crippen LogP contribution in [0.25, 0.3) is 0 Å². The number of nitrogens with one attached hydrogen (secondary N) is 1. The number of halogens is 2. The van der Waals surface area contributed by atoms with Crippen LogP contribution in [-0.2, 0) is 15.3 Å². The molecule has 0 saturated heterocycles. The van der Waals surface area contributed by atoms with E-state index in [-0.39, 0.29) is 5.91 Å². The van der Waals surface area contributed by atoms with Crippen molar-refractivity contribution in [1.82, 2.24) is 0 Å². The molecule has 22 heavy (non-hydrogen) atoms. The summed E-state index contributed by atoms with van der Waals surface area (Å²) in [6, 6.07) is 12.3. The minimum atomic E-state index is -1.24. The van der Waals surface area contributed by atoms with Crippen LogP contribution in [0.1, 0.15) is 11.1 Å². The Labute approximate surface area is 137 Å². The number of hydrogen-bond acceptors (Lipinski definition) is 3. The molecule has 0 radical (unpaired) electrons. The molecular weight excluding hydrogens is 323 g/mol. The van der Waals surface area contributed by atoms with Crippen molar-refractivity contribution in [2.45, 2.75) is 5.72 Å². The molecule has 1 heterocycles. The molecule has 0 aromatic heterocycles. The van der Waals surface area contributed by atoms with Gasteiger partial charge >= 0.3 is 0 Å². The zero-order chi connectivity index (χ0) is 15.7. The molecule has 1 N–H and O–H groups in total. The van der Waals surface area contributed by atoms with E-state index in [0.29, 0.717) is 26.9 Å². The fraction of sp³-hybridized carbons (Fsp3) is 0.125. The number of ether oxygens (including phenoxy) is 1. The lowest BCUT2D eigenvalue weighted by molar-refractivity contribution is -0.110. The van der Waals surface area contributed by atoms with Gasteiger partial charge in [0, 0.05) is 34.0 Å². The van der Waals surface area contributed by atoms with Gasteiger partial charge in [-0.2, -0.15) is 0 Å². The number of fused-ring (bicyclic) bond motifs is 1. The van der Waals surface area contributed by atoms with Gasteiger partial charge in [-0.15, -0.1) is 0 Å². The summed E-state index contributed by atoms with van der Waals surface area (Å²) >= 11 is 12.5. The maximum Gasteiger partial charge on any atom is 0.266 e. The van der Waals surface area contributed by atoms with Gasteiger partial charge < -0.3 is 10.1 Å². The summed E-state index contributed by atoms with van der Waals surface area (Å²) in [5.74, 6) is -0.338. The Hall–Kier alpha value is -1.88. The maximum absolute atomic E-state index is 11.9. The number of benzene rings is 2. The van der Waals surface area contributed by atoms with Crippen LogP contribution < -0.4 is 5.32 Å². The van der Waals surface area contributed by atoms with Gasteiger partial charge in [-0.05, 0) is 24.3 Å². The average molecular weight is 335 g/mol. The zero-order valence-corrected chi connectivity index (χ0v) is 13.2. The van der Waals surface area contributed by atoms with E-state index in [2.05, 4.69) is 10.3 Å². The SMILES string of the molecule is COC1(c2ccccc2Cl)N=CC(=O)Nc2ccc(Cl)cc21. The topological polar surface area (TPSA) is 50.7 Å². The zero-order valence-electron chi connectivity index (χ0n) is 11.6. The molecule has 0 spiro atoms. The van der Waals surface area contributed by atoms with E-state index < -0.39 is 5.72 Å². The largest absolute Gasteiger partial charge is 0.349 e. The Balaban J connectivity index is 2.35. The van der Waals surface area contributed by atoms with E-state index >= 15 is 0 Å². The lowest BCUT2D eigenvalue weighted by atomic mass is 9.93. The summed E-state index contributed by atoms with van der Waals surface area (Å²) in [7, 11) is 1.52. The number of aliphatic imine (C=N–C) groups is 1. The predicted octanol–water partition coefficient (Wildman–Crippen LogP) is 3.86. The normalized spacial score (nSPS) is 20.2. The van der Waals surface area contributed by atoms with Gasteiger partial charge in [-0.1, -0.05) is 41.4 Å². The summed E-state index contributed by atoms with van der Waals surface area (Å²) in [6.45, 7) is 0. The molecule has 1 unspecified atom stereocenters. The molecule has 0 bridgehead atoms. The van der Waals surface area contributed by atoms with Gasteiger partial charge in [0.25, 0.3) is 5.91 Å². The fourth-order valence-electron chi connectivity index (χ4n) is 2.51. The summed E-state index contributed by atoms with van der Waals surface area (Å²) in [4.78, 5) is 16.2. The molecule has 2 aromatic rings. The number of amides is 1. The number of anilines is 1. The Kier molecular flexibility index (Phi) is 3.91. The molecule has 0 fully saturated rings. The van der Waals surface area contributed by atoms with Gasteiger partial charge in [-0.25, -0.2) is 4.99 Å². The summed E-state index contributed by atoms with van der Waals surface area (Å²) < 4.78 is 5.72.